The van der Waals surface area contributed by atoms with Gasteiger partial charge >= 0.3 is 5.97 Å². The largest absolute Gasteiger partial charge is 0.465 e. The molecule has 0 atom stereocenters. The number of methoxy groups -OCH3 is 1. The summed E-state index contributed by atoms with van der Waals surface area (Å²) in [6.45, 7) is 1.83. The number of fused-ring (bicyclic) bond motifs is 1. The lowest BCUT2D eigenvalue weighted by Crippen LogP contribution is -2.04. The summed E-state index contributed by atoms with van der Waals surface area (Å²) >= 11 is 0. The maximum absolute atomic E-state index is 12.1. The number of carbonyl (C=O) groups is 1. The molecule has 1 aromatic heterocycles. The second-order valence-corrected chi connectivity index (χ2v) is 5.08. The summed E-state index contributed by atoms with van der Waals surface area (Å²) in [6.07, 6.45) is 0. The van der Waals surface area contributed by atoms with Gasteiger partial charge < -0.3 is 9.30 Å². The second-order valence-electron chi connectivity index (χ2n) is 5.08. The van der Waals surface area contributed by atoms with E-state index >= 15 is 0 Å². The highest BCUT2D eigenvalue weighted by Crippen LogP contribution is 2.30. The molecule has 0 aliphatic heterocycles. The molecule has 0 unspecified atom stereocenters. The third kappa shape index (κ3) is 2.34. The third-order valence-corrected chi connectivity index (χ3v) is 3.82. The van der Waals surface area contributed by atoms with Crippen LogP contribution in [0.1, 0.15) is 16.1 Å². The third-order valence-electron chi connectivity index (χ3n) is 3.82. The Labute approximate surface area is 132 Å². The number of aromatic nitrogens is 1. The highest BCUT2D eigenvalue weighted by Gasteiger charge is 2.21. The quantitative estimate of drug-likeness (QED) is 0.420. The van der Waals surface area contributed by atoms with E-state index in [9.17, 15) is 14.9 Å². The first-order valence-corrected chi connectivity index (χ1v) is 6.97. The van der Waals surface area contributed by atoms with Crippen LogP contribution in [0, 0.1) is 17.0 Å². The molecule has 0 radical (unpaired) electrons. The fourth-order valence-corrected chi connectivity index (χ4v) is 2.78. The zero-order valence-electron chi connectivity index (χ0n) is 12.6. The lowest BCUT2D eigenvalue weighted by Gasteiger charge is -2.08. The summed E-state index contributed by atoms with van der Waals surface area (Å²) in [5.41, 5.74) is 2.85. The first-order valence-electron chi connectivity index (χ1n) is 6.97. The van der Waals surface area contributed by atoms with Gasteiger partial charge in [-0.15, -0.1) is 0 Å². The van der Waals surface area contributed by atoms with E-state index in [4.69, 9.17) is 4.74 Å². The Kier molecular flexibility index (Phi) is 3.57. The first kappa shape index (κ1) is 14.8. The van der Waals surface area contributed by atoms with Crippen molar-refractivity contribution < 1.29 is 14.5 Å². The van der Waals surface area contributed by atoms with E-state index in [1.807, 2.05) is 35.8 Å². The van der Waals surface area contributed by atoms with E-state index in [1.165, 1.54) is 19.2 Å². The summed E-state index contributed by atoms with van der Waals surface area (Å²) < 4.78 is 6.78. The van der Waals surface area contributed by atoms with Crippen molar-refractivity contribution in [1.82, 2.24) is 4.57 Å². The fourth-order valence-electron chi connectivity index (χ4n) is 2.78. The van der Waals surface area contributed by atoms with E-state index in [0.29, 0.717) is 5.56 Å². The summed E-state index contributed by atoms with van der Waals surface area (Å²) in [7, 11) is 1.35. The zero-order chi connectivity index (χ0) is 16.6. The Morgan fingerprint density at radius 3 is 2.39 bits per heavy atom. The van der Waals surface area contributed by atoms with Crippen LogP contribution >= 0.6 is 0 Å². The van der Waals surface area contributed by atoms with Crippen molar-refractivity contribution >= 4 is 22.6 Å². The molecule has 0 aliphatic rings. The normalized spacial score (nSPS) is 10.7. The van der Waals surface area contributed by atoms with Crippen LogP contribution in [0.15, 0.2) is 48.5 Å². The Morgan fingerprint density at radius 2 is 1.78 bits per heavy atom. The lowest BCUT2D eigenvalue weighted by molar-refractivity contribution is -0.384. The van der Waals surface area contributed by atoms with Gasteiger partial charge in [0.1, 0.15) is 0 Å². The highest BCUT2D eigenvalue weighted by molar-refractivity contribution is 6.06. The number of nitro benzene ring substituents is 1. The number of nitrogens with zero attached hydrogens (tertiary/aromatic N) is 2. The Balaban J connectivity index is 2.27. The standard InChI is InChI=1S/C17H14N2O4/c1-11-16(17(20)23-2)14-5-3-4-6-15(14)18(11)12-7-9-13(10-8-12)19(21)22/h3-10H,1-2H3. The van der Waals surface area contributed by atoms with E-state index in [0.717, 1.165) is 22.3 Å². The van der Waals surface area contributed by atoms with Crippen LogP contribution < -0.4 is 0 Å². The van der Waals surface area contributed by atoms with Crippen LogP contribution in [0.5, 0.6) is 0 Å². The van der Waals surface area contributed by atoms with E-state index in [2.05, 4.69) is 0 Å². The average molecular weight is 310 g/mol. The van der Waals surface area contributed by atoms with Crippen molar-refractivity contribution in [1.29, 1.82) is 0 Å². The van der Waals surface area contributed by atoms with E-state index in [-0.39, 0.29) is 5.69 Å². The minimum Gasteiger partial charge on any atom is -0.465 e. The van der Waals surface area contributed by atoms with Gasteiger partial charge in [0, 0.05) is 28.9 Å². The van der Waals surface area contributed by atoms with Gasteiger partial charge in [0.25, 0.3) is 5.69 Å². The number of carbonyl (C=O) groups excluding carboxylic acids is 1. The van der Waals surface area contributed by atoms with Crippen LogP contribution in [-0.4, -0.2) is 22.6 Å². The monoisotopic (exact) mass is 310 g/mol. The SMILES string of the molecule is COC(=O)c1c(C)n(-c2ccc([N+](=O)[O-])cc2)c2ccccc12. The van der Waals surface area contributed by atoms with Crippen molar-refractivity contribution in [3.63, 3.8) is 0 Å². The number of non-ortho nitro benzene ring substituents is 1. The molecule has 116 valence electrons. The molecule has 0 saturated carbocycles. The van der Waals surface area contributed by atoms with Crippen molar-refractivity contribution in [2.45, 2.75) is 6.92 Å². The number of ether oxygens (including phenoxy) is 1. The number of hydrogen-bond acceptors (Lipinski definition) is 4. The zero-order valence-corrected chi connectivity index (χ0v) is 12.6. The Bertz CT molecular complexity index is 910. The highest BCUT2D eigenvalue weighted by atomic mass is 16.6. The van der Waals surface area contributed by atoms with Gasteiger partial charge in [0.05, 0.1) is 23.1 Å². The molecule has 6 nitrogen and oxygen atoms in total. The maximum atomic E-state index is 12.1. The predicted octanol–water partition coefficient (Wildman–Crippen LogP) is 3.63. The van der Waals surface area contributed by atoms with Gasteiger partial charge in [-0.1, -0.05) is 18.2 Å². The molecule has 0 amide bonds. The fraction of sp³-hybridized carbons (Fsp3) is 0.118. The molecule has 0 fully saturated rings. The van der Waals surface area contributed by atoms with Crippen LogP contribution in [0.4, 0.5) is 5.69 Å². The van der Waals surface area contributed by atoms with Crippen molar-refractivity contribution in [3.8, 4) is 5.69 Å². The van der Waals surface area contributed by atoms with Crippen molar-refractivity contribution in [3.05, 3.63) is 69.9 Å². The Hall–Kier alpha value is -3.15. The first-order chi connectivity index (χ1) is 11.0. The number of nitro groups is 1. The molecule has 0 spiro atoms. The molecule has 0 aliphatic carbocycles. The molecule has 6 heteroatoms. The minimum absolute atomic E-state index is 0.0241. The Morgan fingerprint density at radius 1 is 1.13 bits per heavy atom. The van der Waals surface area contributed by atoms with Crippen molar-refractivity contribution in [2.24, 2.45) is 0 Å². The van der Waals surface area contributed by atoms with E-state index in [1.54, 1.807) is 12.1 Å². The van der Waals surface area contributed by atoms with Gasteiger partial charge in [-0.2, -0.15) is 0 Å². The van der Waals surface area contributed by atoms with Gasteiger partial charge in [-0.05, 0) is 25.1 Å². The lowest BCUT2D eigenvalue weighted by atomic mass is 10.1. The predicted molar refractivity (Wildman–Crippen MR) is 86.0 cm³/mol. The smallest absolute Gasteiger partial charge is 0.340 e. The summed E-state index contributed by atoms with van der Waals surface area (Å²) in [4.78, 5) is 22.5. The molecule has 0 N–H and O–H groups in total. The number of rotatable bonds is 3. The molecule has 0 saturated heterocycles. The molecule has 23 heavy (non-hydrogen) atoms. The molecule has 3 rings (SSSR count). The molecule has 2 aromatic carbocycles. The second kappa shape index (κ2) is 5.57. The van der Waals surface area contributed by atoms with Crippen molar-refractivity contribution in [2.75, 3.05) is 7.11 Å². The number of para-hydroxylation sites is 1. The van der Waals surface area contributed by atoms with Crippen LogP contribution in [0.3, 0.4) is 0 Å². The topological polar surface area (TPSA) is 74.4 Å². The van der Waals surface area contributed by atoms with Crippen LogP contribution in [0.2, 0.25) is 0 Å². The van der Waals surface area contributed by atoms with Gasteiger partial charge in [0.15, 0.2) is 0 Å². The molecule has 0 bridgehead atoms. The molecule has 3 aromatic rings. The average Bonchev–Trinajstić information content (AvgIpc) is 2.86. The molecule has 1 heterocycles. The van der Waals surface area contributed by atoms with E-state index < -0.39 is 10.9 Å². The summed E-state index contributed by atoms with van der Waals surface area (Å²) in [6, 6.07) is 13.7. The number of esters is 1. The number of benzene rings is 2. The van der Waals surface area contributed by atoms with Crippen LogP contribution in [0.25, 0.3) is 16.6 Å². The van der Waals surface area contributed by atoms with Gasteiger partial charge in [0.2, 0.25) is 0 Å². The number of hydrogen-bond donors (Lipinski definition) is 0. The maximum Gasteiger partial charge on any atom is 0.340 e. The minimum atomic E-state index is -0.440. The van der Waals surface area contributed by atoms with Gasteiger partial charge in [-0.25, -0.2) is 4.79 Å². The van der Waals surface area contributed by atoms with Crippen LogP contribution in [-0.2, 0) is 4.74 Å². The summed E-state index contributed by atoms with van der Waals surface area (Å²) in [5, 5.41) is 11.6. The van der Waals surface area contributed by atoms with Gasteiger partial charge in [-0.3, -0.25) is 10.1 Å². The molecular weight excluding hydrogens is 296 g/mol. The summed E-state index contributed by atoms with van der Waals surface area (Å²) in [5.74, 6) is -0.403. The molecular formula is C17H14N2O4.